The first-order valence-corrected chi connectivity index (χ1v) is 19.4. The Hall–Kier alpha value is -4.06. The molecule has 5 aromatic rings. The number of rotatable bonds is 15. The largest absolute Gasteiger partial charge is 0.392 e. The fourth-order valence-corrected chi connectivity index (χ4v) is 8.47. The summed E-state index contributed by atoms with van der Waals surface area (Å²) in [5.74, 6) is 0.835. The Labute approximate surface area is 308 Å². The molecule has 1 aliphatic rings. The number of fused-ring (bicyclic) bond motifs is 1. The normalized spacial score (nSPS) is 18.8. The van der Waals surface area contributed by atoms with Gasteiger partial charge in [0.2, 0.25) is 11.8 Å². The van der Waals surface area contributed by atoms with E-state index < -0.39 is 6.29 Å². The van der Waals surface area contributed by atoms with E-state index >= 15 is 0 Å². The first kappa shape index (κ1) is 36.7. The summed E-state index contributed by atoms with van der Waals surface area (Å²) in [5.41, 5.74) is 7.05. The second-order valence-corrected chi connectivity index (χ2v) is 15.3. The molecular formula is C41H45N3O5S2. The lowest BCUT2D eigenvalue weighted by molar-refractivity contribution is -0.268. The van der Waals surface area contributed by atoms with E-state index in [1.807, 2.05) is 54.6 Å². The number of para-hydroxylation sites is 1. The number of ether oxygens (including phenoxy) is 2. The van der Waals surface area contributed by atoms with E-state index in [1.54, 1.807) is 23.1 Å². The van der Waals surface area contributed by atoms with Crippen molar-refractivity contribution >= 4 is 45.1 Å². The lowest BCUT2D eigenvalue weighted by Crippen LogP contribution is -2.38. The number of hydrogen-bond donors (Lipinski definition) is 3. The summed E-state index contributed by atoms with van der Waals surface area (Å²) in [6, 6.07) is 32.8. The molecule has 1 aromatic heterocycles. The van der Waals surface area contributed by atoms with E-state index in [-0.39, 0.29) is 36.5 Å². The number of unbranched alkanes of at least 4 members (excludes halogenated alkanes) is 2. The molecule has 2 heterocycles. The smallest absolute Gasteiger partial charge is 0.220 e. The maximum Gasteiger partial charge on any atom is 0.220 e. The van der Waals surface area contributed by atoms with Crippen LogP contribution in [0.2, 0.25) is 0 Å². The van der Waals surface area contributed by atoms with Crippen molar-refractivity contribution in [3.63, 3.8) is 0 Å². The summed E-state index contributed by atoms with van der Waals surface area (Å²) in [6.07, 6.45) is 2.22. The number of nitrogens with zero attached hydrogens (tertiary/aromatic N) is 1. The number of thioether (sulfide) groups is 1. The Bertz CT molecular complexity index is 1860. The predicted octanol–water partition coefficient (Wildman–Crippen LogP) is 8.35. The van der Waals surface area contributed by atoms with Gasteiger partial charge in [-0.3, -0.25) is 9.59 Å². The number of thiazole rings is 1. The summed E-state index contributed by atoms with van der Waals surface area (Å²) >= 11 is 3.43. The van der Waals surface area contributed by atoms with Crippen molar-refractivity contribution in [2.24, 2.45) is 5.92 Å². The predicted molar refractivity (Wildman–Crippen MR) is 204 cm³/mol. The van der Waals surface area contributed by atoms with E-state index in [0.29, 0.717) is 19.5 Å². The molecule has 4 atom stereocenters. The van der Waals surface area contributed by atoms with Crippen LogP contribution < -0.4 is 10.6 Å². The van der Waals surface area contributed by atoms with E-state index in [9.17, 15) is 14.7 Å². The lowest BCUT2D eigenvalue weighted by Gasteiger charge is -2.41. The van der Waals surface area contributed by atoms with Crippen LogP contribution >= 0.6 is 23.1 Å². The van der Waals surface area contributed by atoms with E-state index in [4.69, 9.17) is 14.5 Å². The van der Waals surface area contributed by atoms with Crippen molar-refractivity contribution in [3.8, 4) is 11.1 Å². The molecule has 1 aliphatic heterocycles. The summed E-state index contributed by atoms with van der Waals surface area (Å²) < 4.78 is 15.6. The highest BCUT2D eigenvalue weighted by molar-refractivity contribution is 8.01. The van der Waals surface area contributed by atoms with Gasteiger partial charge in [0.15, 0.2) is 10.6 Å². The molecule has 8 nitrogen and oxygen atoms in total. The Morgan fingerprint density at radius 1 is 0.843 bits per heavy atom. The number of amides is 2. The van der Waals surface area contributed by atoms with Crippen LogP contribution in [0.25, 0.3) is 21.3 Å². The third-order valence-corrected chi connectivity index (χ3v) is 11.4. The topological polar surface area (TPSA) is 110 Å². The first-order chi connectivity index (χ1) is 24.9. The molecular weight excluding hydrogens is 679 g/mol. The van der Waals surface area contributed by atoms with Gasteiger partial charge in [-0.05, 0) is 58.9 Å². The molecule has 10 heteroatoms. The monoisotopic (exact) mass is 723 g/mol. The molecule has 1 saturated heterocycles. The second kappa shape index (κ2) is 17.9. The van der Waals surface area contributed by atoms with Gasteiger partial charge in [-0.25, -0.2) is 4.98 Å². The Morgan fingerprint density at radius 3 is 2.39 bits per heavy atom. The molecule has 266 valence electrons. The maximum absolute atomic E-state index is 12.4. The van der Waals surface area contributed by atoms with Crippen LogP contribution in [0.1, 0.15) is 74.2 Å². The summed E-state index contributed by atoms with van der Waals surface area (Å²) in [4.78, 5) is 28.2. The summed E-state index contributed by atoms with van der Waals surface area (Å²) in [7, 11) is 0. The fraction of sp³-hybridized carbons (Fsp3) is 0.341. The van der Waals surface area contributed by atoms with Gasteiger partial charge < -0.3 is 25.2 Å². The zero-order valence-electron chi connectivity index (χ0n) is 29.0. The van der Waals surface area contributed by atoms with Gasteiger partial charge in [0.1, 0.15) is 0 Å². The van der Waals surface area contributed by atoms with E-state index in [1.165, 1.54) is 11.6 Å². The Morgan fingerprint density at radius 2 is 1.63 bits per heavy atom. The molecule has 6 rings (SSSR count). The van der Waals surface area contributed by atoms with Crippen LogP contribution in [0.15, 0.2) is 101 Å². The van der Waals surface area contributed by atoms with Crippen molar-refractivity contribution in [1.82, 2.24) is 15.6 Å². The zero-order valence-corrected chi connectivity index (χ0v) is 30.7. The minimum absolute atomic E-state index is 0.00144. The SMILES string of the molecule is CC(=O)NCCCCCC(=O)NCc1cccc(-c2ccc([C@H]3O[C@@H](CSc4nc5ccccc5s4)[C@@H](C)[C@@H](c4ccc(CO)cc4)O3)cc2)c1. The van der Waals surface area contributed by atoms with Crippen LogP contribution in [-0.4, -0.2) is 40.3 Å². The van der Waals surface area contributed by atoms with Crippen LogP contribution in [0, 0.1) is 5.92 Å². The summed E-state index contributed by atoms with van der Waals surface area (Å²) in [6.45, 7) is 4.81. The van der Waals surface area contributed by atoms with Gasteiger partial charge in [-0.1, -0.05) is 104 Å². The molecule has 3 N–H and O–H groups in total. The number of nitrogens with one attached hydrogen (secondary N) is 2. The standard InChI is InChI=1S/C41H45N3O5S2/c1-27-36(26-50-41-44-35-11-5-6-12-37(35)51-41)48-40(49-39(27)32-16-14-29(25-45)15-17-32)33-20-18-31(19-21-33)34-10-8-9-30(23-34)24-43-38(47)13-4-3-7-22-42-28(2)46/h5-6,8-12,14-21,23,27,36,39-40,45H,3-4,7,13,22,24-26H2,1-2H3,(H,42,46)(H,43,47)/t27-,36+,39+,40+/m1/s1. The fourth-order valence-electron chi connectivity index (χ4n) is 6.21. The second-order valence-electron chi connectivity index (χ2n) is 13.0. The third-order valence-electron chi connectivity index (χ3n) is 9.16. The van der Waals surface area contributed by atoms with Gasteiger partial charge in [0.25, 0.3) is 0 Å². The number of benzene rings is 4. The van der Waals surface area contributed by atoms with Crippen LogP contribution in [0.5, 0.6) is 0 Å². The molecule has 0 bridgehead atoms. The molecule has 2 amide bonds. The van der Waals surface area contributed by atoms with Gasteiger partial charge in [0, 0.05) is 43.7 Å². The zero-order chi connectivity index (χ0) is 35.6. The Kier molecular flexibility index (Phi) is 12.9. The highest BCUT2D eigenvalue weighted by Gasteiger charge is 2.38. The van der Waals surface area contributed by atoms with Crippen molar-refractivity contribution in [1.29, 1.82) is 0 Å². The highest BCUT2D eigenvalue weighted by atomic mass is 32.2. The van der Waals surface area contributed by atoms with Gasteiger partial charge in [-0.15, -0.1) is 11.3 Å². The van der Waals surface area contributed by atoms with E-state index in [0.717, 1.165) is 68.3 Å². The van der Waals surface area contributed by atoms with Crippen molar-refractivity contribution in [2.75, 3.05) is 12.3 Å². The number of carbonyl (C=O) groups excluding carboxylic acids is 2. The summed E-state index contributed by atoms with van der Waals surface area (Å²) in [5, 5.41) is 15.4. The molecule has 0 radical (unpaired) electrons. The number of aliphatic hydroxyl groups excluding tert-OH is 1. The quantitative estimate of drug-likeness (QED) is 0.0736. The average Bonchev–Trinajstić information content (AvgIpc) is 3.58. The third kappa shape index (κ3) is 10.1. The van der Waals surface area contributed by atoms with Gasteiger partial charge in [-0.2, -0.15) is 0 Å². The lowest BCUT2D eigenvalue weighted by atomic mass is 9.91. The first-order valence-electron chi connectivity index (χ1n) is 17.6. The molecule has 51 heavy (non-hydrogen) atoms. The number of aromatic nitrogens is 1. The van der Waals surface area contributed by atoms with Crippen molar-refractivity contribution in [2.45, 2.75) is 75.5 Å². The van der Waals surface area contributed by atoms with Crippen molar-refractivity contribution in [3.05, 3.63) is 119 Å². The van der Waals surface area contributed by atoms with E-state index in [2.05, 4.69) is 60.0 Å². The molecule has 0 unspecified atom stereocenters. The van der Waals surface area contributed by atoms with Crippen LogP contribution in [0.4, 0.5) is 0 Å². The minimum atomic E-state index is -0.550. The highest BCUT2D eigenvalue weighted by Crippen LogP contribution is 2.43. The maximum atomic E-state index is 12.4. The number of hydrogen-bond acceptors (Lipinski definition) is 8. The molecule has 0 aliphatic carbocycles. The molecule has 1 fully saturated rings. The molecule has 0 saturated carbocycles. The molecule has 0 spiro atoms. The number of carbonyl (C=O) groups is 2. The van der Waals surface area contributed by atoms with Gasteiger partial charge >= 0.3 is 0 Å². The average molecular weight is 724 g/mol. The Balaban J connectivity index is 1.10. The van der Waals surface area contributed by atoms with Crippen LogP contribution in [-0.2, 0) is 32.2 Å². The van der Waals surface area contributed by atoms with Crippen molar-refractivity contribution < 1.29 is 24.2 Å². The van der Waals surface area contributed by atoms with Gasteiger partial charge in [0.05, 0.1) is 29.0 Å². The minimum Gasteiger partial charge on any atom is -0.392 e. The number of aliphatic hydroxyl groups is 1. The molecule has 4 aromatic carbocycles. The van der Waals surface area contributed by atoms with Crippen LogP contribution in [0.3, 0.4) is 0 Å².